The molecule has 0 aliphatic heterocycles. The second-order valence-corrected chi connectivity index (χ2v) is 7.00. The van der Waals surface area contributed by atoms with Crippen molar-refractivity contribution in [1.29, 1.82) is 0 Å². The molecule has 0 atom stereocenters. The van der Waals surface area contributed by atoms with E-state index in [1.54, 1.807) is 13.8 Å². The van der Waals surface area contributed by atoms with E-state index in [0.717, 1.165) is 26.0 Å². The Morgan fingerprint density at radius 1 is 0.759 bits per heavy atom. The Labute approximate surface area is 176 Å². The summed E-state index contributed by atoms with van der Waals surface area (Å²) in [6.45, 7) is 3.66. The van der Waals surface area contributed by atoms with Crippen molar-refractivity contribution in [2.24, 2.45) is 0 Å². The summed E-state index contributed by atoms with van der Waals surface area (Å²) in [5.41, 5.74) is 0. The summed E-state index contributed by atoms with van der Waals surface area (Å²) in [7, 11) is 0. The van der Waals surface area contributed by atoms with Gasteiger partial charge in [0.1, 0.15) is 11.5 Å². The molecule has 152 valence electrons. The lowest BCUT2D eigenvalue weighted by Gasteiger charge is -2.17. The zero-order valence-electron chi connectivity index (χ0n) is 16.2. The third kappa shape index (κ3) is 4.79. The smallest absolute Gasteiger partial charge is 0.344 e. The topological polar surface area (TPSA) is 71.1 Å². The van der Waals surface area contributed by atoms with Gasteiger partial charge in [0, 0.05) is 26.0 Å². The van der Waals surface area contributed by atoms with Crippen LogP contribution in [0.25, 0.3) is 21.5 Å². The highest BCUT2D eigenvalue weighted by molar-refractivity contribution is 9.10. The molecule has 0 spiro atoms. The van der Waals surface area contributed by atoms with Gasteiger partial charge >= 0.3 is 11.9 Å². The van der Waals surface area contributed by atoms with Gasteiger partial charge in [-0.25, -0.2) is 9.59 Å². The third-order valence-electron chi connectivity index (χ3n) is 4.17. The van der Waals surface area contributed by atoms with E-state index in [-0.39, 0.29) is 26.4 Å². The van der Waals surface area contributed by atoms with Gasteiger partial charge in [-0.15, -0.1) is 0 Å². The minimum absolute atomic E-state index is 0.202. The molecule has 0 N–H and O–H groups in total. The van der Waals surface area contributed by atoms with E-state index in [4.69, 9.17) is 18.9 Å². The van der Waals surface area contributed by atoms with Crippen LogP contribution in [-0.4, -0.2) is 38.4 Å². The molecule has 6 nitrogen and oxygen atoms in total. The Balaban J connectivity index is 2.12. The van der Waals surface area contributed by atoms with Crippen molar-refractivity contribution in [2.45, 2.75) is 13.8 Å². The maximum atomic E-state index is 11.8. The van der Waals surface area contributed by atoms with Crippen molar-refractivity contribution >= 4 is 49.4 Å². The molecule has 3 rings (SSSR count). The van der Waals surface area contributed by atoms with Gasteiger partial charge < -0.3 is 18.9 Å². The Bertz CT molecular complexity index is 1050. The van der Waals surface area contributed by atoms with Gasteiger partial charge in [-0.2, -0.15) is 0 Å². The number of benzene rings is 3. The average molecular weight is 461 g/mol. The summed E-state index contributed by atoms with van der Waals surface area (Å²) in [5.74, 6) is 0.222. The maximum Gasteiger partial charge on any atom is 0.344 e. The predicted octanol–water partition coefficient (Wildman–Crippen LogP) is 4.64. The van der Waals surface area contributed by atoms with Crippen LogP contribution in [0.2, 0.25) is 0 Å². The molecular weight excluding hydrogens is 440 g/mol. The number of hydrogen-bond donors (Lipinski definition) is 0. The first kappa shape index (κ1) is 20.9. The molecule has 0 aromatic heterocycles. The Kier molecular flexibility index (Phi) is 6.93. The fraction of sp³-hybridized carbons (Fsp3) is 0.273. The molecule has 0 bridgehead atoms. The number of halogens is 1. The van der Waals surface area contributed by atoms with Crippen molar-refractivity contribution in [3.63, 3.8) is 0 Å². The van der Waals surface area contributed by atoms with Gasteiger partial charge in [-0.3, -0.25) is 0 Å². The molecule has 3 aromatic carbocycles. The summed E-state index contributed by atoms with van der Waals surface area (Å²) in [4.78, 5) is 23.6. The minimum Gasteiger partial charge on any atom is -0.481 e. The molecule has 0 fully saturated rings. The van der Waals surface area contributed by atoms with Gasteiger partial charge in [-0.05, 0) is 32.0 Å². The van der Waals surface area contributed by atoms with E-state index in [2.05, 4.69) is 15.9 Å². The van der Waals surface area contributed by atoms with Crippen LogP contribution in [0, 0.1) is 0 Å². The molecule has 0 heterocycles. The van der Waals surface area contributed by atoms with E-state index >= 15 is 0 Å². The lowest BCUT2D eigenvalue weighted by Crippen LogP contribution is -2.16. The van der Waals surface area contributed by atoms with E-state index in [0.29, 0.717) is 11.5 Å². The van der Waals surface area contributed by atoms with Crippen molar-refractivity contribution in [2.75, 3.05) is 26.4 Å². The molecular formula is C22H21BrO6. The van der Waals surface area contributed by atoms with Crippen LogP contribution in [0.5, 0.6) is 11.5 Å². The second kappa shape index (κ2) is 9.60. The molecule has 0 saturated heterocycles. The standard InChI is InChI=1S/C22H21BrO6/c1-3-26-19(24)12-28-21-15-7-5-6-8-16(15)22(29-13-20(25)27-4-2)18-11-14(23)9-10-17(18)21/h5-11H,3-4,12-13H2,1-2H3. The molecule has 0 radical (unpaired) electrons. The number of carbonyl (C=O) groups excluding carboxylic acids is 2. The highest BCUT2D eigenvalue weighted by atomic mass is 79.9. The predicted molar refractivity (Wildman–Crippen MR) is 113 cm³/mol. The van der Waals surface area contributed by atoms with Gasteiger partial charge in [-0.1, -0.05) is 40.2 Å². The lowest BCUT2D eigenvalue weighted by atomic mass is 10.0. The molecule has 3 aromatic rings. The first-order chi connectivity index (χ1) is 14.0. The van der Waals surface area contributed by atoms with Gasteiger partial charge in [0.15, 0.2) is 13.2 Å². The zero-order chi connectivity index (χ0) is 20.8. The molecule has 29 heavy (non-hydrogen) atoms. The summed E-state index contributed by atoms with van der Waals surface area (Å²) >= 11 is 3.48. The van der Waals surface area contributed by atoms with Crippen LogP contribution < -0.4 is 9.47 Å². The molecule has 7 heteroatoms. The Hall–Kier alpha value is -2.80. The Morgan fingerprint density at radius 2 is 1.24 bits per heavy atom. The van der Waals surface area contributed by atoms with Crippen molar-refractivity contribution in [3.05, 3.63) is 46.9 Å². The second-order valence-electron chi connectivity index (χ2n) is 6.08. The lowest BCUT2D eigenvalue weighted by molar-refractivity contribution is -0.146. The third-order valence-corrected chi connectivity index (χ3v) is 4.66. The average Bonchev–Trinajstić information content (AvgIpc) is 2.71. The molecule has 0 saturated carbocycles. The van der Waals surface area contributed by atoms with Crippen molar-refractivity contribution < 1.29 is 28.5 Å². The van der Waals surface area contributed by atoms with Crippen LogP contribution in [0.1, 0.15) is 13.8 Å². The number of fused-ring (bicyclic) bond motifs is 2. The van der Waals surface area contributed by atoms with Crippen LogP contribution in [0.15, 0.2) is 46.9 Å². The first-order valence-electron chi connectivity index (χ1n) is 9.26. The minimum atomic E-state index is -0.442. The summed E-state index contributed by atoms with van der Waals surface area (Å²) in [5, 5.41) is 3.04. The number of esters is 2. The number of ether oxygens (including phenoxy) is 4. The van der Waals surface area contributed by atoms with Crippen LogP contribution in [0.4, 0.5) is 0 Å². The monoisotopic (exact) mass is 460 g/mol. The SMILES string of the molecule is CCOC(=O)COc1c2ccccc2c(OCC(=O)OCC)c2cc(Br)ccc12. The number of carbonyl (C=O) groups is 2. The first-order valence-corrected chi connectivity index (χ1v) is 10.0. The Morgan fingerprint density at radius 3 is 1.76 bits per heavy atom. The van der Waals surface area contributed by atoms with Crippen molar-refractivity contribution in [3.8, 4) is 11.5 Å². The van der Waals surface area contributed by atoms with E-state index in [9.17, 15) is 9.59 Å². The quantitative estimate of drug-likeness (QED) is 0.360. The van der Waals surface area contributed by atoms with Gasteiger partial charge in [0.25, 0.3) is 0 Å². The molecule has 0 aliphatic carbocycles. The van der Waals surface area contributed by atoms with Crippen LogP contribution in [0.3, 0.4) is 0 Å². The van der Waals surface area contributed by atoms with Gasteiger partial charge in [0.2, 0.25) is 0 Å². The summed E-state index contributed by atoms with van der Waals surface area (Å²) < 4.78 is 22.5. The van der Waals surface area contributed by atoms with Crippen LogP contribution >= 0.6 is 15.9 Å². The molecule has 0 amide bonds. The van der Waals surface area contributed by atoms with Gasteiger partial charge in [0.05, 0.1) is 13.2 Å². The fourth-order valence-electron chi connectivity index (χ4n) is 3.05. The van der Waals surface area contributed by atoms with E-state index in [1.165, 1.54) is 0 Å². The number of hydrogen-bond acceptors (Lipinski definition) is 6. The highest BCUT2D eigenvalue weighted by Crippen LogP contribution is 2.43. The normalized spacial score (nSPS) is 10.7. The highest BCUT2D eigenvalue weighted by Gasteiger charge is 2.18. The van der Waals surface area contributed by atoms with E-state index < -0.39 is 11.9 Å². The van der Waals surface area contributed by atoms with E-state index in [1.807, 2.05) is 42.5 Å². The summed E-state index contributed by atoms with van der Waals surface area (Å²) in [6, 6.07) is 13.2. The largest absolute Gasteiger partial charge is 0.481 e. The van der Waals surface area contributed by atoms with Crippen molar-refractivity contribution in [1.82, 2.24) is 0 Å². The molecule has 0 aliphatic rings. The zero-order valence-corrected chi connectivity index (χ0v) is 17.8. The summed E-state index contributed by atoms with van der Waals surface area (Å²) in [6.07, 6.45) is 0. The van der Waals surface area contributed by atoms with Crippen LogP contribution in [-0.2, 0) is 19.1 Å². The molecule has 0 unspecified atom stereocenters. The maximum absolute atomic E-state index is 11.8. The number of rotatable bonds is 8. The fourth-order valence-corrected chi connectivity index (χ4v) is 3.41.